The van der Waals surface area contributed by atoms with Crippen molar-refractivity contribution < 1.29 is 19.1 Å². The van der Waals surface area contributed by atoms with E-state index in [-0.39, 0.29) is 12.3 Å². The predicted octanol–water partition coefficient (Wildman–Crippen LogP) is 6.11. The Balaban J connectivity index is 1.62. The molecule has 2 N–H and O–H groups in total. The third kappa shape index (κ3) is 7.47. The second-order valence-corrected chi connectivity index (χ2v) is 10.7. The fourth-order valence-electron chi connectivity index (χ4n) is 4.54. The quantitative estimate of drug-likeness (QED) is 0.284. The third-order valence-electron chi connectivity index (χ3n) is 6.39. The summed E-state index contributed by atoms with van der Waals surface area (Å²) >= 11 is 0. The molecular formula is C33H35N3O4. The van der Waals surface area contributed by atoms with Gasteiger partial charge in [0, 0.05) is 19.2 Å². The second-order valence-electron chi connectivity index (χ2n) is 10.7. The number of carbonyl (C=O) groups is 3. The number of likely N-dealkylation sites (N-methyl/N-ethyl adjacent to an activating group) is 1. The van der Waals surface area contributed by atoms with Crippen molar-refractivity contribution in [2.75, 3.05) is 12.4 Å². The zero-order chi connectivity index (χ0) is 28.7. The summed E-state index contributed by atoms with van der Waals surface area (Å²) in [6.07, 6.45) is -0.469. The van der Waals surface area contributed by atoms with Gasteiger partial charge in [-0.1, -0.05) is 91.0 Å². The number of alkyl carbamates (subject to hydrolysis) is 1. The molecule has 4 aromatic carbocycles. The van der Waals surface area contributed by atoms with Crippen LogP contribution < -0.4 is 10.6 Å². The first-order valence-corrected chi connectivity index (χ1v) is 13.3. The lowest BCUT2D eigenvalue weighted by molar-refractivity contribution is -0.139. The zero-order valence-electron chi connectivity index (χ0n) is 23.3. The Labute approximate surface area is 235 Å². The number of amides is 3. The van der Waals surface area contributed by atoms with Crippen LogP contribution in [0, 0.1) is 0 Å². The van der Waals surface area contributed by atoms with Gasteiger partial charge in [0.05, 0.1) is 0 Å². The lowest BCUT2D eigenvalue weighted by Crippen LogP contribution is -2.52. The van der Waals surface area contributed by atoms with Gasteiger partial charge in [0.25, 0.3) is 5.91 Å². The molecule has 0 aliphatic heterocycles. The van der Waals surface area contributed by atoms with E-state index in [0.29, 0.717) is 11.3 Å². The topological polar surface area (TPSA) is 87.7 Å². The smallest absolute Gasteiger partial charge is 0.408 e. The van der Waals surface area contributed by atoms with Crippen molar-refractivity contribution in [2.45, 2.75) is 44.9 Å². The Bertz CT molecular complexity index is 1470. The average molecular weight is 538 g/mol. The lowest BCUT2D eigenvalue weighted by atomic mass is 10.0. The molecule has 2 unspecified atom stereocenters. The maximum absolute atomic E-state index is 14.0. The number of fused-ring (bicyclic) bond motifs is 1. The minimum atomic E-state index is -0.957. The highest BCUT2D eigenvalue weighted by Gasteiger charge is 2.34. The fourth-order valence-corrected chi connectivity index (χ4v) is 4.54. The molecule has 206 valence electrons. The van der Waals surface area contributed by atoms with Gasteiger partial charge in [0.1, 0.15) is 17.7 Å². The van der Waals surface area contributed by atoms with Crippen LogP contribution in [0.1, 0.15) is 37.9 Å². The highest BCUT2D eigenvalue weighted by molar-refractivity contribution is 6.00. The van der Waals surface area contributed by atoms with Gasteiger partial charge in [-0.05, 0) is 54.8 Å². The van der Waals surface area contributed by atoms with E-state index < -0.39 is 29.7 Å². The standard InChI is InChI=1S/C33H35N3O4/c1-33(2,3)40-32(39)35-28(21-23-13-7-5-8-14-23)31(38)36(4)29(25-16-9-6-10-17-25)30(37)34-27-20-19-24-15-11-12-18-26(24)22-27/h5-20,22,28-29H,21H2,1-4H3,(H,34,37)(H,35,39). The summed E-state index contributed by atoms with van der Waals surface area (Å²) in [7, 11) is 1.58. The van der Waals surface area contributed by atoms with Crippen LogP contribution in [0.4, 0.5) is 10.5 Å². The SMILES string of the molecule is CN(C(=O)C(Cc1ccccc1)NC(=O)OC(C)(C)C)C(C(=O)Nc1ccc2ccccc2c1)c1ccccc1. The van der Waals surface area contributed by atoms with Crippen molar-refractivity contribution in [1.82, 2.24) is 10.2 Å². The molecule has 7 nitrogen and oxygen atoms in total. The van der Waals surface area contributed by atoms with Crippen LogP contribution in [-0.4, -0.2) is 41.5 Å². The molecule has 2 atom stereocenters. The molecule has 0 saturated heterocycles. The number of nitrogens with one attached hydrogen (secondary N) is 2. The summed E-state index contributed by atoms with van der Waals surface area (Å²) in [6.45, 7) is 5.28. The number of anilines is 1. The molecular weight excluding hydrogens is 502 g/mol. The van der Waals surface area contributed by atoms with Crippen molar-refractivity contribution in [3.05, 3.63) is 114 Å². The predicted molar refractivity (Wildman–Crippen MR) is 158 cm³/mol. The number of nitrogens with zero attached hydrogens (tertiary/aromatic N) is 1. The van der Waals surface area contributed by atoms with E-state index in [1.54, 1.807) is 27.8 Å². The zero-order valence-corrected chi connectivity index (χ0v) is 23.3. The molecule has 7 heteroatoms. The van der Waals surface area contributed by atoms with E-state index in [9.17, 15) is 14.4 Å². The van der Waals surface area contributed by atoms with Crippen LogP contribution in [0.3, 0.4) is 0 Å². The van der Waals surface area contributed by atoms with Crippen LogP contribution in [0.5, 0.6) is 0 Å². The Kier molecular flexibility index (Phi) is 8.84. The first kappa shape index (κ1) is 28.4. The van der Waals surface area contributed by atoms with Gasteiger partial charge >= 0.3 is 6.09 Å². The Morgan fingerprint density at radius 3 is 2.05 bits per heavy atom. The fraction of sp³-hybridized carbons (Fsp3) is 0.242. The van der Waals surface area contributed by atoms with Gasteiger partial charge < -0.3 is 20.3 Å². The first-order valence-electron chi connectivity index (χ1n) is 13.3. The summed E-state index contributed by atoms with van der Waals surface area (Å²) < 4.78 is 5.44. The van der Waals surface area contributed by atoms with Crippen molar-refractivity contribution in [1.29, 1.82) is 0 Å². The normalized spacial score (nSPS) is 12.7. The molecule has 3 amide bonds. The molecule has 0 radical (unpaired) electrons. The number of benzene rings is 4. The molecule has 40 heavy (non-hydrogen) atoms. The third-order valence-corrected chi connectivity index (χ3v) is 6.39. The highest BCUT2D eigenvalue weighted by Crippen LogP contribution is 2.25. The molecule has 0 aliphatic rings. The molecule has 0 saturated carbocycles. The molecule has 0 heterocycles. The maximum atomic E-state index is 14.0. The highest BCUT2D eigenvalue weighted by atomic mass is 16.6. The molecule has 0 fully saturated rings. The Morgan fingerprint density at radius 1 is 0.800 bits per heavy atom. The maximum Gasteiger partial charge on any atom is 0.408 e. The summed E-state index contributed by atoms with van der Waals surface area (Å²) in [5.41, 5.74) is 1.40. The van der Waals surface area contributed by atoms with E-state index in [2.05, 4.69) is 10.6 Å². The summed E-state index contributed by atoms with van der Waals surface area (Å²) in [5.74, 6) is -0.787. The van der Waals surface area contributed by atoms with Crippen LogP contribution in [-0.2, 0) is 20.7 Å². The number of rotatable bonds is 8. The minimum Gasteiger partial charge on any atom is -0.444 e. The summed E-state index contributed by atoms with van der Waals surface area (Å²) in [6, 6.07) is 30.2. The van der Waals surface area contributed by atoms with Crippen molar-refractivity contribution in [2.24, 2.45) is 0 Å². The van der Waals surface area contributed by atoms with Crippen LogP contribution in [0.2, 0.25) is 0 Å². The van der Waals surface area contributed by atoms with Gasteiger partial charge in [0.2, 0.25) is 5.91 Å². The van der Waals surface area contributed by atoms with Gasteiger partial charge in [-0.25, -0.2) is 4.79 Å². The average Bonchev–Trinajstić information content (AvgIpc) is 2.92. The van der Waals surface area contributed by atoms with Gasteiger partial charge in [0.15, 0.2) is 0 Å². The summed E-state index contributed by atoms with van der Waals surface area (Å²) in [5, 5.41) is 7.77. The van der Waals surface area contributed by atoms with Gasteiger partial charge in [-0.3, -0.25) is 9.59 Å². The lowest BCUT2D eigenvalue weighted by Gasteiger charge is -2.31. The molecule has 4 rings (SSSR count). The minimum absolute atomic E-state index is 0.233. The molecule has 0 bridgehead atoms. The van der Waals surface area contributed by atoms with Crippen LogP contribution in [0.25, 0.3) is 10.8 Å². The van der Waals surface area contributed by atoms with Crippen molar-refractivity contribution >= 4 is 34.4 Å². The molecule has 0 aromatic heterocycles. The monoisotopic (exact) mass is 537 g/mol. The molecule has 0 aliphatic carbocycles. The molecule has 0 spiro atoms. The second kappa shape index (κ2) is 12.5. The van der Waals surface area contributed by atoms with Crippen LogP contribution in [0.15, 0.2) is 103 Å². The number of ether oxygens (including phenoxy) is 1. The number of carbonyl (C=O) groups excluding carboxylic acids is 3. The van der Waals surface area contributed by atoms with Gasteiger partial charge in [-0.2, -0.15) is 0 Å². The number of hydrogen-bond acceptors (Lipinski definition) is 4. The summed E-state index contributed by atoms with van der Waals surface area (Å²) in [4.78, 5) is 41.9. The largest absolute Gasteiger partial charge is 0.444 e. The van der Waals surface area contributed by atoms with Gasteiger partial charge in [-0.15, -0.1) is 0 Å². The van der Waals surface area contributed by atoms with Crippen LogP contribution >= 0.6 is 0 Å². The Morgan fingerprint density at radius 2 is 1.40 bits per heavy atom. The first-order chi connectivity index (χ1) is 19.1. The van der Waals surface area contributed by atoms with E-state index >= 15 is 0 Å². The van der Waals surface area contributed by atoms with E-state index in [1.165, 1.54) is 4.90 Å². The van der Waals surface area contributed by atoms with E-state index in [1.807, 2.05) is 103 Å². The molecule has 4 aromatic rings. The number of hydrogen-bond donors (Lipinski definition) is 2. The van der Waals surface area contributed by atoms with E-state index in [4.69, 9.17) is 4.74 Å². The van der Waals surface area contributed by atoms with Crippen molar-refractivity contribution in [3.8, 4) is 0 Å². The van der Waals surface area contributed by atoms with E-state index in [0.717, 1.165) is 16.3 Å². The van der Waals surface area contributed by atoms with Crippen molar-refractivity contribution in [3.63, 3.8) is 0 Å². The Hall–Kier alpha value is -4.65.